The van der Waals surface area contributed by atoms with E-state index in [0.717, 1.165) is 17.0 Å². The highest BCUT2D eigenvalue weighted by molar-refractivity contribution is 6.01. The van der Waals surface area contributed by atoms with Gasteiger partial charge >= 0.3 is 0 Å². The number of alkyl halides is 1. The summed E-state index contributed by atoms with van der Waals surface area (Å²) in [4.78, 5) is 34.8. The van der Waals surface area contributed by atoms with Gasteiger partial charge in [0.25, 0.3) is 5.91 Å². The molecular formula is C21H21F3N4O2. The number of hydrogen-bond donors (Lipinski definition) is 1. The third-order valence-corrected chi connectivity index (χ3v) is 5.90. The van der Waals surface area contributed by atoms with Crippen molar-refractivity contribution in [2.24, 2.45) is 5.41 Å². The van der Waals surface area contributed by atoms with Gasteiger partial charge in [-0.1, -0.05) is 6.42 Å². The van der Waals surface area contributed by atoms with Gasteiger partial charge < -0.3 is 10.2 Å². The summed E-state index contributed by atoms with van der Waals surface area (Å²) >= 11 is 0. The summed E-state index contributed by atoms with van der Waals surface area (Å²) in [5.74, 6) is -2.12. The van der Waals surface area contributed by atoms with Gasteiger partial charge in [0.1, 0.15) is 29.3 Å². The van der Waals surface area contributed by atoms with Crippen LogP contribution in [0.2, 0.25) is 0 Å². The molecular weight excluding hydrogens is 397 g/mol. The van der Waals surface area contributed by atoms with E-state index in [1.54, 1.807) is 6.92 Å². The van der Waals surface area contributed by atoms with Crippen molar-refractivity contribution in [3.63, 3.8) is 0 Å². The van der Waals surface area contributed by atoms with E-state index in [9.17, 15) is 18.4 Å². The van der Waals surface area contributed by atoms with Gasteiger partial charge in [-0.05, 0) is 44.4 Å². The second kappa shape index (κ2) is 7.70. The summed E-state index contributed by atoms with van der Waals surface area (Å²) in [6.07, 6.45) is 1.57. The first-order chi connectivity index (χ1) is 14.3. The zero-order valence-electron chi connectivity index (χ0n) is 16.4. The lowest BCUT2D eigenvalue weighted by molar-refractivity contribution is -0.129. The van der Waals surface area contributed by atoms with Crippen molar-refractivity contribution in [2.45, 2.75) is 44.8 Å². The fraction of sp³-hybridized carbons (Fsp3) is 0.429. The van der Waals surface area contributed by atoms with E-state index >= 15 is 4.39 Å². The first-order valence-corrected chi connectivity index (χ1v) is 9.81. The van der Waals surface area contributed by atoms with Crippen LogP contribution in [0.3, 0.4) is 0 Å². The molecule has 0 radical (unpaired) electrons. The molecule has 158 valence electrons. The number of rotatable bonds is 3. The molecule has 2 aromatic rings. The molecule has 1 aromatic carbocycles. The first-order valence-electron chi connectivity index (χ1n) is 9.81. The Balaban J connectivity index is 1.53. The Kier molecular flexibility index (Phi) is 5.21. The maximum atomic E-state index is 15.2. The SMILES string of the molecule is Cc1nccc(C(=O)NC2CCCC3(C2)C(=O)N(c2cc(F)cc(F)c2)CC3F)n1. The molecule has 2 amide bonds. The maximum absolute atomic E-state index is 15.2. The van der Waals surface area contributed by atoms with Crippen LogP contribution in [-0.2, 0) is 4.79 Å². The molecule has 2 fully saturated rings. The third-order valence-electron chi connectivity index (χ3n) is 5.90. The highest BCUT2D eigenvalue weighted by Gasteiger charge is 2.57. The molecule has 9 heteroatoms. The number of aromatic nitrogens is 2. The number of halogens is 3. The molecule has 1 spiro atoms. The smallest absolute Gasteiger partial charge is 0.270 e. The van der Waals surface area contributed by atoms with Gasteiger partial charge in [0.15, 0.2) is 0 Å². The molecule has 30 heavy (non-hydrogen) atoms. The van der Waals surface area contributed by atoms with Gasteiger partial charge in [0.2, 0.25) is 5.91 Å². The normalized spacial score (nSPS) is 26.3. The van der Waals surface area contributed by atoms with Gasteiger partial charge in [-0.15, -0.1) is 0 Å². The van der Waals surface area contributed by atoms with E-state index in [4.69, 9.17) is 0 Å². The Bertz CT molecular complexity index is 982. The summed E-state index contributed by atoms with van der Waals surface area (Å²) in [5.41, 5.74) is -1.12. The fourth-order valence-electron chi connectivity index (χ4n) is 4.49. The van der Waals surface area contributed by atoms with Gasteiger partial charge in [0, 0.05) is 24.0 Å². The molecule has 0 bridgehead atoms. The Hall–Kier alpha value is -2.97. The van der Waals surface area contributed by atoms with Crippen LogP contribution in [0, 0.1) is 24.0 Å². The number of amides is 2. The van der Waals surface area contributed by atoms with E-state index in [1.165, 1.54) is 12.3 Å². The third kappa shape index (κ3) is 3.64. The molecule has 2 heterocycles. The van der Waals surface area contributed by atoms with Crippen molar-refractivity contribution in [2.75, 3.05) is 11.4 Å². The molecule has 4 rings (SSSR count). The molecule has 1 aliphatic heterocycles. The van der Waals surface area contributed by atoms with Crippen LogP contribution >= 0.6 is 0 Å². The van der Waals surface area contributed by atoms with Crippen molar-refractivity contribution in [3.05, 3.63) is 53.6 Å². The molecule has 6 nitrogen and oxygen atoms in total. The largest absolute Gasteiger partial charge is 0.348 e. The Morgan fingerprint density at radius 2 is 2.00 bits per heavy atom. The quantitative estimate of drug-likeness (QED) is 0.831. The average molecular weight is 418 g/mol. The van der Waals surface area contributed by atoms with Crippen LogP contribution in [0.25, 0.3) is 0 Å². The number of anilines is 1. The average Bonchev–Trinajstić information content (AvgIpc) is 2.92. The standard InChI is InChI=1S/C21H21F3N4O2/c1-12-25-6-4-17(26-12)19(29)27-15-3-2-5-21(10-15)18(24)11-28(20(21)30)16-8-13(22)7-14(23)9-16/h4,6-9,15,18H,2-3,5,10-11H2,1H3,(H,27,29). The van der Waals surface area contributed by atoms with Crippen molar-refractivity contribution in [1.82, 2.24) is 15.3 Å². The number of aryl methyl sites for hydroxylation is 1. The van der Waals surface area contributed by atoms with E-state index in [1.807, 2.05) is 0 Å². The first kappa shape index (κ1) is 20.3. The number of carbonyl (C=O) groups excluding carboxylic acids is 2. The monoisotopic (exact) mass is 418 g/mol. The van der Waals surface area contributed by atoms with Gasteiger partial charge in [-0.3, -0.25) is 9.59 Å². The molecule has 3 unspecified atom stereocenters. The summed E-state index contributed by atoms with van der Waals surface area (Å²) in [7, 11) is 0. The zero-order chi connectivity index (χ0) is 21.5. The van der Waals surface area contributed by atoms with Crippen LogP contribution in [0.15, 0.2) is 30.5 Å². The van der Waals surface area contributed by atoms with Crippen LogP contribution in [-0.4, -0.2) is 40.5 Å². The van der Waals surface area contributed by atoms with Gasteiger partial charge in [-0.25, -0.2) is 23.1 Å². The van der Waals surface area contributed by atoms with Crippen LogP contribution < -0.4 is 10.2 Å². The highest BCUT2D eigenvalue weighted by Crippen LogP contribution is 2.47. The summed E-state index contributed by atoms with van der Waals surface area (Å²) in [6, 6.07) is 3.82. The molecule has 3 atom stereocenters. The maximum Gasteiger partial charge on any atom is 0.270 e. The topological polar surface area (TPSA) is 75.2 Å². The van der Waals surface area contributed by atoms with Crippen molar-refractivity contribution in [3.8, 4) is 0 Å². The lowest BCUT2D eigenvalue weighted by Gasteiger charge is -2.37. The van der Waals surface area contributed by atoms with E-state index in [-0.39, 0.29) is 24.3 Å². The summed E-state index contributed by atoms with van der Waals surface area (Å²) < 4.78 is 42.4. The second-order valence-electron chi connectivity index (χ2n) is 7.92. The van der Waals surface area contributed by atoms with Crippen LogP contribution in [0.1, 0.15) is 42.0 Å². The van der Waals surface area contributed by atoms with Crippen molar-refractivity contribution < 1.29 is 22.8 Å². The number of hydrogen-bond acceptors (Lipinski definition) is 4. The minimum Gasteiger partial charge on any atom is -0.348 e. The van der Waals surface area contributed by atoms with E-state index in [0.29, 0.717) is 31.2 Å². The number of benzene rings is 1. The lowest BCUT2D eigenvalue weighted by Crippen LogP contribution is -2.48. The number of carbonyl (C=O) groups is 2. The molecule has 2 aliphatic rings. The zero-order valence-corrected chi connectivity index (χ0v) is 16.4. The molecule has 1 aromatic heterocycles. The minimum absolute atomic E-state index is 0.000329. The molecule has 1 aliphatic carbocycles. The van der Waals surface area contributed by atoms with Crippen molar-refractivity contribution in [1.29, 1.82) is 0 Å². The predicted molar refractivity (Wildman–Crippen MR) is 103 cm³/mol. The predicted octanol–water partition coefficient (Wildman–Crippen LogP) is 3.11. The van der Waals surface area contributed by atoms with Gasteiger partial charge in [0.05, 0.1) is 12.0 Å². The minimum atomic E-state index is -1.50. The van der Waals surface area contributed by atoms with E-state index in [2.05, 4.69) is 15.3 Å². The van der Waals surface area contributed by atoms with Gasteiger partial charge in [-0.2, -0.15) is 0 Å². The summed E-state index contributed by atoms with van der Waals surface area (Å²) in [6.45, 7) is 1.40. The fourth-order valence-corrected chi connectivity index (χ4v) is 4.49. The molecule has 1 saturated heterocycles. The highest BCUT2D eigenvalue weighted by atomic mass is 19.1. The Morgan fingerprint density at radius 3 is 2.70 bits per heavy atom. The second-order valence-corrected chi connectivity index (χ2v) is 7.92. The summed E-state index contributed by atoms with van der Waals surface area (Å²) in [5, 5.41) is 2.84. The van der Waals surface area contributed by atoms with Crippen LogP contribution in [0.4, 0.5) is 18.9 Å². The van der Waals surface area contributed by atoms with Crippen molar-refractivity contribution >= 4 is 17.5 Å². The van der Waals surface area contributed by atoms with E-state index < -0.39 is 41.1 Å². The van der Waals surface area contributed by atoms with Crippen LogP contribution in [0.5, 0.6) is 0 Å². The lowest BCUT2D eigenvalue weighted by atomic mass is 9.70. The number of nitrogens with zero attached hydrogens (tertiary/aromatic N) is 3. The Morgan fingerprint density at radius 1 is 1.27 bits per heavy atom. The molecule has 1 saturated carbocycles. The number of nitrogens with one attached hydrogen (secondary N) is 1. The molecule has 1 N–H and O–H groups in total. The Labute approximate surface area is 171 Å².